The van der Waals surface area contributed by atoms with Crippen LogP contribution >= 0.6 is 11.3 Å². The van der Waals surface area contributed by atoms with Crippen LogP contribution in [-0.4, -0.2) is 58.1 Å². The smallest absolute Gasteiger partial charge is 0.254 e. The lowest BCUT2D eigenvalue weighted by Gasteiger charge is -2.29. The summed E-state index contributed by atoms with van der Waals surface area (Å²) in [7, 11) is 0. The Balaban J connectivity index is 1.32. The summed E-state index contributed by atoms with van der Waals surface area (Å²) in [6.45, 7) is 3.52. The number of thiazole rings is 1. The van der Waals surface area contributed by atoms with E-state index in [-0.39, 0.29) is 23.9 Å². The average molecular weight is 519 g/mol. The van der Waals surface area contributed by atoms with Gasteiger partial charge in [-0.1, -0.05) is 36.4 Å². The van der Waals surface area contributed by atoms with Crippen molar-refractivity contribution in [3.8, 4) is 0 Å². The van der Waals surface area contributed by atoms with E-state index in [1.165, 1.54) is 0 Å². The van der Waals surface area contributed by atoms with E-state index >= 15 is 0 Å². The molecule has 1 aromatic heterocycles. The number of carbonyl (C=O) groups excluding carboxylic acids is 2. The molecule has 0 aliphatic carbocycles. The molecular formula is C29H34N4O3S. The molecule has 7 nitrogen and oxygen atoms in total. The topological polar surface area (TPSA) is 94.6 Å². The number of amides is 2. The second kappa shape index (κ2) is 11.5. The van der Waals surface area contributed by atoms with Gasteiger partial charge < -0.3 is 20.6 Å². The van der Waals surface area contributed by atoms with E-state index in [9.17, 15) is 14.7 Å². The number of rotatable bonds is 8. The van der Waals surface area contributed by atoms with Crippen LogP contribution in [0.5, 0.6) is 0 Å². The lowest BCUT2D eigenvalue weighted by Crippen LogP contribution is -2.52. The predicted octanol–water partition coefficient (Wildman–Crippen LogP) is 3.88. The summed E-state index contributed by atoms with van der Waals surface area (Å²) in [5.41, 5.74) is 2.92. The number of aliphatic hydroxyl groups excluding tert-OH is 1. The van der Waals surface area contributed by atoms with Crippen LogP contribution in [0, 0.1) is 6.92 Å². The third kappa shape index (κ3) is 5.92. The first-order chi connectivity index (χ1) is 18.0. The van der Waals surface area contributed by atoms with Gasteiger partial charge in [-0.05, 0) is 69.3 Å². The van der Waals surface area contributed by atoms with Crippen LogP contribution < -0.4 is 10.6 Å². The maximum Gasteiger partial charge on any atom is 0.254 e. The number of aryl methyl sites for hydroxylation is 1. The first-order valence-electron chi connectivity index (χ1n) is 13.1. The van der Waals surface area contributed by atoms with Gasteiger partial charge in [0.2, 0.25) is 0 Å². The molecule has 2 saturated heterocycles. The number of nitrogens with zero attached hydrogens (tertiary/aromatic N) is 2. The minimum absolute atomic E-state index is 0.0204. The van der Waals surface area contributed by atoms with Gasteiger partial charge in [0.05, 0.1) is 18.2 Å². The maximum absolute atomic E-state index is 13.5. The summed E-state index contributed by atoms with van der Waals surface area (Å²) in [5.74, 6) is -0.373. The van der Waals surface area contributed by atoms with E-state index in [1.807, 2.05) is 47.5 Å². The molecule has 2 aliphatic heterocycles. The summed E-state index contributed by atoms with van der Waals surface area (Å²) in [6, 6.07) is 16.3. The van der Waals surface area contributed by atoms with Crippen molar-refractivity contribution in [3.63, 3.8) is 0 Å². The third-order valence-corrected chi connectivity index (χ3v) is 8.41. The number of likely N-dealkylation sites (tertiary alicyclic amines) is 1. The van der Waals surface area contributed by atoms with Crippen molar-refractivity contribution in [2.24, 2.45) is 0 Å². The van der Waals surface area contributed by atoms with Gasteiger partial charge in [0.25, 0.3) is 11.8 Å². The molecule has 2 unspecified atom stereocenters. The van der Waals surface area contributed by atoms with Crippen LogP contribution in [0.3, 0.4) is 0 Å². The number of hydrogen-bond acceptors (Lipinski definition) is 6. The fourth-order valence-corrected chi connectivity index (χ4v) is 6.35. The minimum atomic E-state index is -0.719. The maximum atomic E-state index is 13.5. The second-order valence-corrected chi connectivity index (χ2v) is 10.9. The molecule has 2 aromatic carbocycles. The zero-order valence-electron chi connectivity index (χ0n) is 21.1. The number of hydrogen-bond donors (Lipinski definition) is 3. The summed E-state index contributed by atoms with van der Waals surface area (Å²) < 4.78 is 0. The van der Waals surface area contributed by atoms with Gasteiger partial charge in [0.15, 0.2) is 0 Å². The fraction of sp³-hybridized carbons (Fsp3) is 0.414. The quantitative estimate of drug-likeness (QED) is 0.421. The van der Waals surface area contributed by atoms with Crippen molar-refractivity contribution in [2.75, 3.05) is 13.1 Å². The zero-order valence-corrected chi connectivity index (χ0v) is 21.9. The highest BCUT2D eigenvalue weighted by Gasteiger charge is 2.34. The number of carbonyl (C=O) groups is 2. The van der Waals surface area contributed by atoms with Crippen molar-refractivity contribution >= 4 is 23.2 Å². The van der Waals surface area contributed by atoms with Gasteiger partial charge in [-0.25, -0.2) is 4.98 Å². The van der Waals surface area contributed by atoms with Crippen molar-refractivity contribution < 1.29 is 14.7 Å². The molecule has 8 heteroatoms. The average Bonchev–Trinajstić information content (AvgIpc) is 3.70. The van der Waals surface area contributed by atoms with Gasteiger partial charge in [-0.3, -0.25) is 9.59 Å². The molecule has 3 heterocycles. The monoisotopic (exact) mass is 518 g/mol. The Bertz CT molecular complexity index is 1220. The summed E-state index contributed by atoms with van der Waals surface area (Å²) >= 11 is 1.59. The van der Waals surface area contributed by atoms with Crippen LogP contribution in [0.1, 0.15) is 68.7 Å². The lowest BCUT2D eigenvalue weighted by atomic mass is 9.95. The van der Waals surface area contributed by atoms with Crippen LogP contribution in [0.25, 0.3) is 0 Å². The fourth-order valence-electron chi connectivity index (χ4n) is 5.41. The molecule has 2 aliphatic rings. The molecule has 2 fully saturated rings. The number of nitrogens with one attached hydrogen (secondary N) is 2. The Morgan fingerprint density at radius 3 is 2.68 bits per heavy atom. The van der Waals surface area contributed by atoms with Crippen molar-refractivity contribution in [1.29, 1.82) is 0 Å². The number of aromatic nitrogens is 1. The SMILES string of the molecule is Cc1csc(C2CCCN2C(=O)c2cccc(C(=O)N[C@@H](Cc3ccccc3)[C@H](O)C3CCCN3)c2)n1. The largest absolute Gasteiger partial charge is 0.389 e. The summed E-state index contributed by atoms with van der Waals surface area (Å²) in [5, 5.41) is 20.6. The number of aliphatic hydroxyl groups is 1. The Morgan fingerprint density at radius 1 is 1.14 bits per heavy atom. The first-order valence-corrected chi connectivity index (χ1v) is 14.0. The van der Waals surface area contributed by atoms with E-state index in [2.05, 4.69) is 15.6 Å². The van der Waals surface area contributed by atoms with Crippen molar-refractivity contribution in [1.82, 2.24) is 20.5 Å². The van der Waals surface area contributed by atoms with Gasteiger partial charge in [-0.2, -0.15) is 0 Å². The first kappa shape index (κ1) is 25.6. The molecule has 2 amide bonds. The molecule has 0 radical (unpaired) electrons. The van der Waals surface area contributed by atoms with Gasteiger partial charge in [0, 0.05) is 34.8 Å². The molecule has 0 bridgehead atoms. The van der Waals surface area contributed by atoms with Gasteiger partial charge >= 0.3 is 0 Å². The Labute approximate surface area is 221 Å². The van der Waals surface area contributed by atoms with Crippen molar-refractivity contribution in [3.05, 3.63) is 87.4 Å². The minimum Gasteiger partial charge on any atom is -0.389 e. The Kier molecular flexibility index (Phi) is 7.98. The van der Waals surface area contributed by atoms with Gasteiger partial charge in [0.1, 0.15) is 5.01 Å². The van der Waals surface area contributed by atoms with E-state index in [0.717, 1.165) is 48.5 Å². The van der Waals surface area contributed by atoms with E-state index in [1.54, 1.807) is 35.6 Å². The molecule has 37 heavy (non-hydrogen) atoms. The molecule has 0 spiro atoms. The predicted molar refractivity (Wildman–Crippen MR) is 145 cm³/mol. The standard InChI is InChI=1S/C29H34N4O3S/c1-19-18-37-28(31-19)25-13-7-15-33(25)29(36)22-11-5-10-21(17-22)27(35)32-24(16-20-8-3-2-4-9-20)26(34)23-12-6-14-30-23/h2-5,8-11,17-18,23-26,30,34H,6-7,12-16H2,1H3,(H,32,35)/t23?,24-,25?,26+/m0/s1. The summed E-state index contributed by atoms with van der Waals surface area (Å²) in [6.07, 6.45) is 3.52. The Hall–Kier alpha value is -3.07. The van der Waals surface area contributed by atoms with Crippen LogP contribution in [0.15, 0.2) is 60.0 Å². The molecule has 5 rings (SSSR count). The molecule has 3 aromatic rings. The van der Waals surface area contributed by atoms with Crippen LogP contribution in [0.2, 0.25) is 0 Å². The van der Waals surface area contributed by atoms with E-state index in [4.69, 9.17) is 0 Å². The van der Waals surface area contributed by atoms with Crippen LogP contribution in [-0.2, 0) is 6.42 Å². The number of benzene rings is 2. The highest BCUT2D eigenvalue weighted by Crippen LogP contribution is 2.34. The molecule has 3 N–H and O–H groups in total. The lowest BCUT2D eigenvalue weighted by molar-refractivity contribution is 0.0733. The van der Waals surface area contributed by atoms with E-state index < -0.39 is 12.1 Å². The summed E-state index contributed by atoms with van der Waals surface area (Å²) in [4.78, 5) is 33.3. The third-order valence-electron chi connectivity index (χ3n) is 7.35. The second-order valence-electron chi connectivity index (χ2n) is 10.0. The van der Waals surface area contributed by atoms with E-state index in [0.29, 0.717) is 24.1 Å². The molecular weight excluding hydrogens is 484 g/mol. The zero-order chi connectivity index (χ0) is 25.8. The van der Waals surface area contributed by atoms with Gasteiger partial charge in [-0.15, -0.1) is 11.3 Å². The normalized spacial score (nSPS) is 21.1. The van der Waals surface area contributed by atoms with Crippen molar-refractivity contribution in [2.45, 2.75) is 63.3 Å². The molecule has 0 saturated carbocycles. The molecule has 194 valence electrons. The van der Waals surface area contributed by atoms with Crippen LogP contribution in [0.4, 0.5) is 0 Å². The highest BCUT2D eigenvalue weighted by molar-refractivity contribution is 7.09. The Morgan fingerprint density at radius 2 is 1.95 bits per heavy atom. The molecule has 4 atom stereocenters. The highest BCUT2D eigenvalue weighted by atomic mass is 32.1.